The van der Waals surface area contributed by atoms with Crippen LogP contribution in [0.15, 0.2) is 65.8 Å². The van der Waals surface area contributed by atoms with E-state index in [1.54, 1.807) is 42.5 Å². The second kappa shape index (κ2) is 7.82. The molecule has 0 bridgehead atoms. The van der Waals surface area contributed by atoms with E-state index in [1.807, 2.05) is 0 Å². The molecular weight excluding hydrogens is 364 g/mol. The van der Waals surface area contributed by atoms with E-state index in [4.69, 9.17) is 5.26 Å². The first-order valence-electron chi connectivity index (χ1n) is 7.90. The van der Waals surface area contributed by atoms with Crippen molar-refractivity contribution in [2.45, 2.75) is 4.90 Å². The smallest absolute Gasteiger partial charge is 0.240 e. The lowest BCUT2D eigenvalue weighted by atomic mass is 10.2. The number of hydrogen-bond donors (Lipinski definition) is 3. The number of hydrogen-bond acceptors (Lipinski definition) is 7. The van der Waals surface area contributed by atoms with Crippen LogP contribution >= 0.6 is 0 Å². The minimum Gasteiger partial charge on any atom is -0.340 e. The van der Waals surface area contributed by atoms with Crippen LogP contribution in [0.25, 0.3) is 0 Å². The molecule has 3 aromatic rings. The van der Waals surface area contributed by atoms with E-state index in [-0.39, 0.29) is 4.90 Å². The third kappa shape index (κ3) is 4.58. The van der Waals surface area contributed by atoms with Crippen molar-refractivity contribution in [2.24, 2.45) is 0 Å². The molecule has 0 saturated heterocycles. The summed E-state index contributed by atoms with van der Waals surface area (Å²) >= 11 is 0. The quantitative estimate of drug-likeness (QED) is 0.601. The summed E-state index contributed by atoms with van der Waals surface area (Å²) in [6, 6.07) is 17.1. The van der Waals surface area contributed by atoms with E-state index in [0.717, 1.165) is 5.69 Å². The molecule has 1 aromatic heterocycles. The highest BCUT2D eigenvalue weighted by Gasteiger charge is 2.11. The molecule has 0 unspecified atom stereocenters. The molecule has 0 aliphatic rings. The summed E-state index contributed by atoms with van der Waals surface area (Å²) in [5.41, 5.74) is 1.93. The minimum absolute atomic E-state index is 0.153. The van der Waals surface area contributed by atoms with Crippen molar-refractivity contribution in [1.82, 2.24) is 14.7 Å². The van der Waals surface area contributed by atoms with Crippen LogP contribution in [0.1, 0.15) is 5.56 Å². The van der Waals surface area contributed by atoms with Crippen molar-refractivity contribution >= 4 is 33.0 Å². The van der Waals surface area contributed by atoms with Gasteiger partial charge >= 0.3 is 0 Å². The molecule has 2 aromatic carbocycles. The Morgan fingerprint density at radius 3 is 2.22 bits per heavy atom. The first-order chi connectivity index (χ1) is 13.0. The monoisotopic (exact) mass is 380 g/mol. The van der Waals surface area contributed by atoms with E-state index in [0.29, 0.717) is 22.9 Å². The third-order valence-corrected chi connectivity index (χ3v) is 5.05. The molecule has 0 amide bonds. The Balaban J connectivity index is 1.78. The number of nitrogens with zero attached hydrogens (tertiary/aromatic N) is 3. The van der Waals surface area contributed by atoms with Gasteiger partial charge in [0.1, 0.15) is 18.0 Å². The summed E-state index contributed by atoms with van der Waals surface area (Å²) in [5.74, 6) is 1.05. The second-order valence-electron chi connectivity index (χ2n) is 5.46. The van der Waals surface area contributed by atoms with Crippen LogP contribution in [0, 0.1) is 11.3 Å². The Morgan fingerprint density at radius 1 is 0.926 bits per heavy atom. The molecule has 0 saturated carbocycles. The summed E-state index contributed by atoms with van der Waals surface area (Å²) in [7, 11) is -2.16. The van der Waals surface area contributed by atoms with E-state index >= 15 is 0 Å². The SMILES string of the molecule is CNS(=O)(=O)c1cccc(Nc2cc(Nc3ccc(C#N)cc3)ncn2)c1. The average molecular weight is 380 g/mol. The Hall–Kier alpha value is -3.48. The molecule has 27 heavy (non-hydrogen) atoms. The normalized spacial score (nSPS) is 10.8. The van der Waals surface area contributed by atoms with Gasteiger partial charge in [-0.15, -0.1) is 0 Å². The van der Waals surface area contributed by atoms with Crippen molar-refractivity contribution in [3.05, 3.63) is 66.5 Å². The van der Waals surface area contributed by atoms with Gasteiger partial charge in [-0.3, -0.25) is 0 Å². The molecule has 0 aliphatic carbocycles. The highest BCUT2D eigenvalue weighted by Crippen LogP contribution is 2.21. The highest BCUT2D eigenvalue weighted by atomic mass is 32.2. The van der Waals surface area contributed by atoms with Gasteiger partial charge in [-0.2, -0.15) is 5.26 Å². The molecular formula is C18H16N6O2S. The van der Waals surface area contributed by atoms with Crippen LogP contribution < -0.4 is 15.4 Å². The van der Waals surface area contributed by atoms with Gasteiger partial charge in [0, 0.05) is 17.4 Å². The average Bonchev–Trinajstić information content (AvgIpc) is 2.69. The molecule has 9 heteroatoms. The van der Waals surface area contributed by atoms with Crippen LogP contribution in [0.5, 0.6) is 0 Å². The van der Waals surface area contributed by atoms with Crippen LogP contribution in [0.4, 0.5) is 23.0 Å². The maximum absolute atomic E-state index is 11.9. The number of rotatable bonds is 6. The molecule has 0 aliphatic heterocycles. The summed E-state index contributed by atoms with van der Waals surface area (Å²) in [4.78, 5) is 8.45. The number of aromatic nitrogens is 2. The predicted octanol–water partition coefficient (Wildman–Crippen LogP) is 2.74. The summed E-state index contributed by atoms with van der Waals surface area (Å²) in [6.07, 6.45) is 1.39. The molecule has 0 radical (unpaired) electrons. The fourth-order valence-corrected chi connectivity index (χ4v) is 3.05. The highest BCUT2D eigenvalue weighted by molar-refractivity contribution is 7.89. The van der Waals surface area contributed by atoms with Crippen LogP contribution in [0.3, 0.4) is 0 Å². The number of nitriles is 1. The maximum Gasteiger partial charge on any atom is 0.240 e. The number of nitrogens with one attached hydrogen (secondary N) is 3. The van der Waals surface area contributed by atoms with Crippen LogP contribution in [-0.4, -0.2) is 25.4 Å². The van der Waals surface area contributed by atoms with Gasteiger partial charge in [-0.05, 0) is 49.5 Å². The van der Waals surface area contributed by atoms with Crippen LogP contribution in [0.2, 0.25) is 0 Å². The lowest BCUT2D eigenvalue weighted by molar-refractivity contribution is 0.588. The van der Waals surface area contributed by atoms with Crippen molar-refractivity contribution in [2.75, 3.05) is 17.7 Å². The zero-order valence-electron chi connectivity index (χ0n) is 14.3. The minimum atomic E-state index is -3.53. The summed E-state index contributed by atoms with van der Waals surface area (Å²) in [6.45, 7) is 0. The molecule has 3 N–H and O–H groups in total. The largest absolute Gasteiger partial charge is 0.340 e. The summed E-state index contributed by atoms with van der Waals surface area (Å²) < 4.78 is 26.1. The van der Waals surface area contributed by atoms with Gasteiger partial charge in [-0.25, -0.2) is 23.1 Å². The standard InChI is InChI=1S/C18H16N6O2S/c1-20-27(25,26)16-4-2-3-15(9-16)24-18-10-17(21-12-22-18)23-14-7-5-13(11-19)6-8-14/h2-10,12,20H,1H3,(H2,21,22,23,24). The van der Waals surface area contributed by atoms with Crippen LogP contribution in [-0.2, 0) is 10.0 Å². The topological polar surface area (TPSA) is 120 Å². The second-order valence-corrected chi connectivity index (χ2v) is 7.35. The molecule has 3 rings (SSSR count). The molecule has 8 nitrogen and oxygen atoms in total. The van der Waals surface area contributed by atoms with Crippen molar-refractivity contribution < 1.29 is 8.42 Å². The first-order valence-corrected chi connectivity index (χ1v) is 9.38. The Morgan fingerprint density at radius 2 is 1.59 bits per heavy atom. The fourth-order valence-electron chi connectivity index (χ4n) is 2.28. The Kier molecular flexibility index (Phi) is 5.30. The van der Waals surface area contributed by atoms with Gasteiger partial charge in [0.15, 0.2) is 0 Å². The Labute approximate surface area is 157 Å². The molecule has 0 spiro atoms. The molecule has 136 valence electrons. The number of benzene rings is 2. The maximum atomic E-state index is 11.9. The lowest BCUT2D eigenvalue weighted by Gasteiger charge is -2.10. The van der Waals surface area contributed by atoms with Gasteiger partial charge in [0.2, 0.25) is 10.0 Å². The molecule has 1 heterocycles. The zero-order chi connectivity index (χ0) is 19.3. The van der Waals surface area contributed by atoms with E-state index in [9.17, 15) is 8.42 Å². The van der Waals surface area contributed by atoms with Crippen molar-refractivity contribution in [1.29, 1.82) is 5.26 Å². The van der Waals surface area contributed by atoms with Crippen molar-refractivity contribution in [3.63, 3.8) is 0 Å². The van der Waals surface area contributed by atoms with Gasteiger partial charge in [0.05, 0.1) is 16.5 Å². The van der Waals surface area contributed by atoms with Gasteiger partial charge < -0.3 is 10.6 Å². The van der Waals surface area contributed by atoms with E-state index in [2.05, 4.69) is 31.4 Å². The fraction of sp³-hybridized carbons (Fsp3) is 0.0556. The number of anilines is 4. The Bertz CT molecular complexity index is 1090. The lowest BCUT2D eigenvalue weighted by Crippen LogP contribution is -2.18. The molecule has 0 atom stereocenters. The molecule has 0 fully saturated rings. The first kappa shape index (κ1) is 18.3. The van der Waals surface area contributed by atoms with Gasteiger partial charge in [0.25, 0.3) is 0 Å². The third-order valence-electron chi connectivity index (χ3n) is 3.64. The number of sulfonamides is 1. The van der Waals surface area contributed by atoms with Gasteiger partial charge in [-0.1, -0.05) is 6.07 Å². The van der Waals surface area contributed by atoms with E-state index in [1.165, 1.54) is 25.5 Å². The predicted molar refractivity (Wildman–Crippen MR) is 102 cm³/mol. The summed E-state index contributed by atoms with van der Waals surface area (Å²) in [5, 5.41) is 15.0. The van der Waals surface area contributed by atoms with Crippen molar-refractivity contribution in [3.8, 4) is 6.07 Å². The van der Waals surface area contributed by atoms with E-state index < -0.39 is 10.0 Å². The zero-order valence-corrected chi connectivity index (χ0v) is 15.2.